The zero-order chi connectivity index (χ0) is 17.7. The Labute approximate surface area is 150 Å². The predicted molar refractivity (Wildman–Crippen MR) is 101 cm³/mol. The number of aryl methyl sites for hydroxylation is 2. The number of aromatic nitrogens is 2. The summed E-state index contributed by atoms with van der Waals surface area (Å²) in [6.45, 7) is 9.84. The van der Waals surface area contributed by atoms with E-state index in [9.17, 15) is 4.79 Å². The Morgan fingerprint density at radius 1 is 1.42 bits per heavy atom. The molecular formula is C16H24N4O2S2. The quantitative estimate of drug-likeness (QED) is 0.423. The second-order valence-corrected chi connectivity index (χ2v) is 7.97. The topological polar surface area (TPSA) is 90.1 Å². The first-order chi connectivity index (χ1) is 11.4. The number of rotatable bonds is 8. The van der Waals surface area contributed by atoms with Gasteiger partial charge in [0.2, 0.25) is 5.91 Å². The van der Waals surface area contributed by atoms with Crippen LogP contribution in [0.5, 0.6) is 0 Å². The fourth-order valence-electron chi connectivity index (χ4n) is 2.20. The van der Waals surface area contributed by atoms with Gasteiger partial charge < -0.3 is 15.8 Å². The summed E-state index contributed by atoms with van der Waals surface area (Å²) in [5, 5.41) is 4.09. The lowest BCUT2D eigenvalue weighted by Crippen LogP contribution is -2.32. The highest BCUT2D eigenvalue weighted by atomic mass is 32.2. The maximum Gasteiger partial charge on any atom is 0.233 e. The molecule has 0 radical (unpaired) electrons. The lowest BCUT2D eigenvalue weighted by atomic mass is 10.2. The van der Waals surface area contributed by atoms with Crippen molar-refractivity contribution in [3.05, 3.63) is 10.4 Å². The third kappa shape index (κ3) is 4.58. The number of amides is 1. The molecule has 24 heavy (non-hydrogen) atoms. The molecule has 2 heterocycles. The van der Waals surface area contributed by atoms with E-state index in [1.165, 1.54) is 16.6 Å². The number of anilines is 1. The van der Waals surface area contributed by atoms with Crippen LogP contribution in [0.1, 0.15) is 30.7 Å². The van der Waals surface area contributed by atoms with Crippen molar-refractivity contribution < 1.29 is 9.53 Å². The number of ether oxygens (including phenoxy) is 1. The number of thioether (sulfide) groups is 1. The number of nitrogens with two attached hydrogens (primary N) is 1. The van der Waals surface area contributed by atoms with Gasteiger partial charge in [-0.25, -0.2) is 9.97 Å². The number of thiophene rings is 1. The van der Waals surface area contributed by atoms with E-state index < -0.39 is 0 Å². The molecule has 1 atom stereocenters. The van der Waals surface area contributed by atoms with Crippen LogP contribution in [0.25, 0.3) is 10.2 Å². The van der Waals surface area contributed by atoms with Gasteiger partial charge in [-0.1, -0.05) is 11.8 Å². The second-order valence-electron chi connectivity index (χ2n) is 5.46. The van der Waals surface area contributed by atoms with Crippen LogP contribution in [0.4, 0.5) is 5.82 Å². The number of hydrogen-bond acceptors (Lipinski definition) is 7. The van der Waals surface area contributed by atoms with Crippen LogP contribution in [-0.2, 0) is 9.53 Å². The highest BCUT2D eigenvalue weighted by Crippen LogP contribution is 2.34. The minimum Gasteiger partial charge on any atom is -0.383 e. The Hall–Kier alpha value is -1.38. The van der Waals surface area contributed by atoms with Crippen LogP contribution in [0, 0.1) is 13.8 Å². The first-order valence-electron chi connectivity index (χ1n) is 7.99. The number of carbonyl (C=O) groups is 1. The lowest BCUT2D eigenvalue weighted by molar-refractivity contribution is -0.120. The van der Waals surface area contributed by atoms with Crippen molar-refractivity contribution in [2.24, 2.45) is 0 Å². The Morgan fingerprint density at radius 3 is 2.88 bits per heavy atom. The average Bonchev–Trinajstić information content (AvgIpc) is 2.81. The molecule has 1 unspecified atom stereocenters. The Kier molecular flexibility index (Phi) is 6.82. The van der Waals surface area contributed by atoms with E-state index in [-0.39, 0.29) is 11.2 Å². The smallest absolute Gasteiger partial charge is 0.233 e. The van der Waals surface area contributed by atoms with E-state index >= 15 is 0 Å². The fraction of sp³-hybridized carbons (Fsp3) is 0.562. The van der Waals surface area contributed by atoms with Crippen LogP contribution in [0.3, 0.4) is 0 Å². The summed E-state index contributed by atoms with van der Waals surface area (Å²) in [5.74, 6) is 0.450. The highest BCUT2D eigenvalue weighted by molar-refractivity contribution is 8.00. The highest BCUT2D eigenvalue weighted by Gasteiger charge is 2.18. The predicted octanol–water partition coefficient (Wildman–Crippen LogP) is 2.91. The van der Waals surface area contributed by atoms with Gasteiger partial charge in [0.1, 0.15) is 10.6 Å². The van der Waals surface area contributed by atoms with Crippen molar-refractivity contribution in [1.29, 1.82) is 0 Å². The lowest BCUT2D eigenvalue weighted by Gasteiger charge is -2.11. The zero-order valence-electron chi connectivity index (χ0n) is 14.5. The second kappa shape index (κ2) is 8.64. The molecule has 3 N–H and O–H groups in total. The molecule has 0 spiro atoms. The van der Waals surface area contributed by atoms with Crippen molar-refractivity contribution in [3.8, 4) is 0 Å². The molecule has 2 aromatic heterocycles. The summed E-state index contributed by atoms with van der Waals surface area (Å²) in [7, 11) is 0. The molecule has 0 aliphatic carbocycles. The SMILES string of the molecule is CCOCCCNC(=O)C(C)Sc1nc(N)c2c(C)c(C)sc2n1. The first-order valence-corrected chi connectivity index (χ1v) is 9.69. The molecule has 0 aromatic carbocycles. The summed E-state index contributed by atoms with van der Waals surface area (Å²) < 4.78 is 5.25. The van der Waals surface area contributed by atoms with Crippen LogP contribution in [-0.4, -0.2) is 40.9 Å². The molecule has 0 aliphatic heterocycles. The van der Waals surface area contributed by atoms with Crippen molar-refractivity contribution >= 4 is 45.0 Å². The molecule has 2 aromatic rings. The van der Waals surface area contributed by atoms with Gasteiger partial charge in [-0.15, -0.1) is 11.3 Å². The van der Waals surface area contributed by atoms with E-state index in [2.05, 4.69) is 15.3 Å². The van der Waals surface area contributed by atoms with Gasteiger partial charge in [0.05, 0.1) is 10.6 Å². The minimum atomic E-state index is -0.281. The van der Waals surface area contributed by atoms with E-state index in [1.54, 1.807) is 11.3 Å². The van der Waals surface area contributed by atoms with E-state index in [1.807, 2.05) is 27.7 Å². The van der Waals surface area contributed by atoms with Crippen LogP contribution >= 0.6 is 23.1 Å². The van der Waals surface area contributed by atoms with E-state index in [4.69, 9.17) is 10.5 Å². The molecule has 1 amide bonds. The maximum absolute atomic E-state index is 12.1. The summed E-state index contributed by atoms with van der Waals surface area (Å²) in [6.07, 6.45) is 0.806. The molecule has 6 nitrogen and oxygen atoms in total. The Balaban J connectivity index is 1.97. The van der Waals surface area contributed by atoms with Crippen molar-refractivity contribution in [1.82, 2.24) is 15.3 Å². The number of fused-ring (bicyclic) bond motifs is 1. The van der Waals surface area contributed by atoms with Gasteiger partial charge in [0, 0.05) is 24.6 Å². The van der Waals surface area contributed by atoms with Gasteiger partial charge in [0.15, 0.2) is 5.16 Å². The molecule has 0 aliphatic rings. The number of nitrogen functional groups attached to an aromatic ring is 1. The van der Waals surface area contributed by atoms with Crippen LogP contribution < -0.4 is 11.1 Å². The van der Waals surface area contributed by atoms with Gasteiger partial charge in [-0.3, -0.25) is 4.79 Å². The maximum atomic E-state index is 12.1. The fourth-order valence-corrected chi connectivity index (χ4v) is 4.09. The molecule has 0 saturated carbocycles. The first kappa shape index (κ1) is 19.0. The molecule has 8 heteroatoms. The average molecular weight is 369 g/mol. The molecule has 0 bridgehead atoms. The monoisotopic (exact) mass is 368 g/mol. The van der Waals surface area contributed by atoms with Gasteiger partial charge in [0.25, 0.3) is 0 Å². The normalized spacial score (nSPS) is 12.5. The summed E-state index contributed by atoms with van der Waals surface area (Å²) >= 11 is 2.93. The van der Waals surface area contributed by atoms with Gasteiger partial charge in [-0.05, 0) is 39.7 Å². The Bertz CT molecular complexity index is 718. The number of hydrogen-bond donors (Lipinski definition) is 2. The molecular weight excluding hydrogens is 344 g/mol. The van der Waals surface area contributed by atoms with Crippen molar-refractivity contribution in [2.75, 3.05) is 25.5 Å². The number of nitrogens with one attached hydrogen (secondary N) is 1. The Morgan fingerprint density at radius 2 is 2.17 bits per heavy atom. The zero-order valence-corrected chi connectivity index (χ0v) is 16.1. The summed E-state index contributed by atoms with van der Waals surface area (Å²) in [4.78, 5) is 23.1. The third-order valence-electron chi connectivity index (χ3n) is 3.66. The molecule has 0 fully saturated rings. The van der Waals surface area contributed by atoms with E-state index in [0.29, 0.717) is 30.7 Å². The summed E-state index contributed by atoms with van der Waals surface area (Å²) in [5.41, 5.74) is 7.21. The molecule has 132 valence electrons. The van der Waals surface area contributed by atoms with Crippen LogP contribution in [0.15, 0.2) is 5.16 Å². The van der Waals surface area contributed by atoms with E-state index in [0.717, 1.165) is 22.2 Å². The number of nitrogens with zero attached hydrogens (tertiary/aromatic N) is 2. The minimum absolute atomic E-state index is 0.0303. The molecule has 2 rings (SSSR count). The molecule has 0 saturated heterocycles. The van der Waals surface area contributed by atoms with Crippen LogP contribution in [0.2, 0.25) is 0 Å². The summed E-state index contributed by atoms with van der Waals surface area (Å²) in [6, 6.07) is 0. The number of carbonyl (C=O) groups excluding carboxylic acids is 1. The van der Waals surface area contributed by atoms with Crippen molar-refractivity contribution in [3.63, 3.8) is 0 Å². The standard InChI is InChI=1S/C16H24N4O2S2/c1-5-22-8-6-7-18-14(21)11(4)24-16-19-13(17)12-9(2)10(3)23-15(12)20-16/h11H,5-8H2,1-4H3,(H,18,21)(H2,17,19,20). The van der Waals surface area contributed by atoms with Gasteiger partial charge in [-0.2, -0.15) is 0 Å². The third-order valence-corrected chi connectivity index (χ3v) is 5.72. The van der Waals surface area contributed by atoms with Crippen molar-refractivity contribution in [2.45, 2.75) is 44.5 Å². The largest absolute Gasteiger partial charge is 0.383 e. The van der Waals surface area contributed by atoms with Gasteiger partial charge >= 0.3 is 0 Å².